The predicted molar refractivity (Wildman–Crippen MR) is 148 cm³/mol. The van der Waals surface area contributed by atoms with Gasteiger partial charge in [-0.25, -0.2) is 0 Å². The fraction of sp³-hybridized carbons (Fsp3) is 0.556. The standard InChI is InChI=1S/C27H43N2OPS/c1-25(2,3)19-17-22(26(4,5)6)24(23(18-19)27(7,8)9)28-31(32,30-12)21-15-13-20(14-16-21)29(10)11/h13-18H,1-12H3,(H,28,32). The lowest BCUT2D eigenvalue weighted by Gasteiger charge is -2.36. The Balaban J connectivity index is 2.77. The molecule has 32 heavy (non-hydrogen) atoms. The van der Waals surface area contributed by atoms with Crippen LogP contribution >= 0.6 is 6.42 Å². The highest BCUT2D eigenvalue weighted by Gasteiger charge is 2.32. The molecular formula is C27H43N2OPS. The largest absolute Gasteiger partial charge is 0.378 e. The van der Waals surface area contributed by atoms with E-state index in [1.807, 2.05) is 14.1 Å². The minimum Gasteiger partial charge on any atom is -0.378 e. The normalized spacial score (nSPS) is 14.8. The summed E-state index contributed by atoms with van der Waals surface area (Å²) in [5.74, 6) is 0. The van der Waals surface area contributed by atoms with Gasteiger partial charge >= 0.3 is 0 Å². The van der Waals surface area contributed by atoms with E-state index in [9.17, 15) is 0 Å². The van der Waals surface area contributed by atoms with E-state index in [4.69, 9.17) is 16.3 Å². The van der Waals surface area contributed by atoms with Crippen LogP contribution in [0.4, 0.5) is 11.4 Å². The van der Waals surface area contributed by atoms with Crippen molar-refractivity contribution >= 4 is 34.9 Å². The molecule has 0 aliphatic rings. The Kier molecular flexibility index (Phi) is 7.67. The van der Waals surface area contributed by atoms with Gasteiger partial charge in [0, 0.05) is 37.9 Å². The van der Waals surface area contributed by atoms with Crippen LogP contribution in [0.2, 0.25) is 0 Å². The summed E-state index contributed by atoms with van der Waals surface area (Å²) >= 11 is 6.20. The van der Waals surface area contributed by atoms with E-state index in [-0.39, 0.29) is 16.2 Å². The van der Waals surface area contributed by atoms with Crippen LogP contribution in [0.1, 0.15) is 79.0 Å². The van der Waals surface area contributed by atoms with Crippen molar-refractivity contribution in [2.75, 3.05) is 31.2 Å². The number of nitrogens with zero attached hydrogens (tertiary/aromatic N) is 1. The van der Waals surface area contributed by atoms with Crippen LogP contribution in [0, 0.1) is 0 Å². The third kappa shape index (κ3) is 5.95. The average Bonchev–Trinajstić information content (AvgIpc) is 2.65. The third-order valence-electron chi connectivity index (χ3n) is 5.84. The van der Waals surface area contributed by atoms with Gasteiger partial charge in [0.05, 0.1) is 0 Å². The number of hydrogen-bond acceptors (Lipinski definition) is 3. The SMILES string of the molecule is COP(=S)(Nc1c(C(C)(C)C)cc(C(C)(C)C)cc1C(C)(C)C)c1ccc(N(C)C)cc1. The number of nitrogens with one attached hydrogen (secondary N) is 1. The highest BCUT2D eigenvalue weighted by molar-refractivity contribution is 8.16. The zero-order valence-corrected chi connectivity index (χ0v) is 23.9. The van der Waals surface area contributed by atoms with Crippen LogP contribution in [0.5, 0.6) is 0 Å². The molecular weight excluding hydrogens is 431 g/mol. The Morgan fingerprint density at radius 2 is 1.22 bits per heavy atom. The highest BCUT2D eigenvalue weighted by Crippen LogP contribution is 2.51. The zero-order valence-electron chi connectivity index (χ0n) is 22.2. The van der Waals surface area contributed by atoms with Gasteiger partial charge in [-0.3, -0.25) is 0 Å². The van der Waals surface area contributed by atoms with Gasteiger partial charge in [-0.2, -0.15) is 0 Å². The number of hydrogen-bond donors (Lipinski definition) is 1. The van der Waals surface area contributed by atoms with E-state index < -0.39 is 6.42 Å². The first kappa shape index (κ1) is 26.9. The fourth-order valence-corrected chi connectivity index (χ4v) is 5.84. The van der Waals surface area contributed by atoms with E-state index in [1.54, 1.807) is 7.11 Å². The van der Waals surface area contributed by atoms with Crippen molar-refractivity contribution in [2.45, 2.75) is 78.6 Å². The average molecular weight is 475 g/mol. The van der Waals surface area contributed by atoms with Gasteiger partial charge in [-0.05, 0) is 69.0 Å². The van der Waals surface area contributed by atoms with E-state index >= 15 is 0 Å². The van der Waals surface area contributed by atoms with Crippen LogP contribution in [0.25, 0.3) is 0 Å². The molecule has 5 heteroatoms. The topological polar surface area (TPSA) is 24.5 Å². The Labute approximate surface area is 202 Å². The first-order chi connectivity index (χ1) is 14.4. The van der Waals surface area contributed by atoms with E-state index in [1.165, 1.54) is 16.7 Å². The van der Waals surface area contributed by atoms with Gasteiger partial charge in [0.2, 0.25) is 0 Å². The molecule has 1 N–H and O–H groups in total. The summed E-state index contributed by atoms with van der Waals surface area (Å²) < 4.78 is 6.06. The van der Waals surface area contributed by atoms with E-state index in [2.05, 4.69) is 109 Å². The molecule has 2 aromatic carbocycles. The van der Waals surface area contributed by atoms with Gasteiger partial charge in [0.25, 0.3) is 0 Å². The van der Waals surface area contributed by atoms with Gasteiger partial charge in [0.15, 0.2) is 6.42 Å². The Morgan fingerprint density at radius 3 is 1.53 bits per heavy atom. The summed E-state index contributed by atoms with van der Waals surface area (Å²) in [6.45, 7) is 20.5. The van der Waals surface area contributed by atoms with Crippen LogP contribution < -0.4 is 15.3 Å². The lowest BCUT2D eigenvalue weighted by Crippen LogP contribution is -2.25. The molecule has 0 radical (unpaired) electrons. The second-order valence-corrected chi connectivity index (χ2v) is 15.7. The monoisotopic (exact) mass is 474 g/mol. The molecule has 0 amide bonds. The molecule has 0 heterocycles. The van der Waals surface area contributed by atoms with E-state index in [0.717, 1.165) is 16.7 Å². The van der Waals surface area contributed by atoms with Crippen LogP contribution in [0.15, 0.2) is 36.4 Å². The maximum Gasteiger partial charge on any atom is 0.183 e. The maximum atomic E-state index is 6.20. The molecule has 2 rings (SSSR count). The minimum absolute atomic E-state index is 0.0493. The summed E-state index contributed by atoms with van der Waals surface area (Å²) in [5, 5.41) is 4.82. The third-order valence-corrected chi connectivity index (χ3v) is 9.21. The zero-order chi connectivity index (χ0) is 24.7. The van der Waals surface area contributed by atoms with Crippen molar-refractivity contribution in [3.8, 4) is 0 Å². The smallest absolute Gasteiger partial charge is 0.183 e. The molecule has 2 aromatic rings. The summed E-state index contributed by atoms with van der Waals surface area (Å²) in [7, 11) is 5.81. The van der Waals surface area contributed by atoms with Crippen molar-refractivity contribution in [2.24, 2.45) is 0 Å². The molecule has 0 aliphatic carbocycles. The molecule has 0 spiro atoms. The van der Waals surface area contributed by atoms with Crippen molar-refractivity contribution in [1.29, 1.82) is 0 Å². The second kappa shape index (κ2) is 9.12. The number of anilines is 2. The maximum absolute atomic E-state index is 6.20. The molecule has 1 unspecified atom stereocenters. The van der Waals surface area contributed by atoms with Crippen LogP contribution in [0.3, 0.4) is 0 Å². The number of rotatable bonds is 5. The van der Waals surface area contributed by atoms with Crippen molar-refractivity contribution in [3.05, 3.63) is 53.1 Å². The molecule has 0 saturated heterocycles. The predicted octanol–water partition coefficient (Wildman–Crippen LogP) is 7.34. The van der Waals surface area contributed by atoms with Gasteiger partial charge < -0.3 is 14.5 Å². The summed E-state index contributed by atoms with van der Waals surface area (Å²) in [4.78, 5) is 2.09. The van der Waals surface area contributed by atoms with Crippen molar-refractivity contribution in [3.63, 3.8) is 0 Å². The molecule has 0 aliphatic heterocycles. The summed E-state index contributed by atoms with van der Waals surface area (Å²) in [6, 6.07) is 13.1. The minimum atomic E-state index is -2.51. The van der Waals surface area contributed by atoms with Crippen molar-refractivity contribution < 1.29 is 4.52 Å². The van der Waals surface area contributed by atoms with Crippen molar-refractivity contribution in [1.82, 2.24) is 0 Å². The molecule has 0 bridgehead atoms. The highest BCUT2D eigenvalue weighted by atomic mass is 32.4. The number of benzene rings is 2. The quantitative estimate of drug-likeness (QED) is 0.458. The van der Waals surface area contributed by atoms with Gasteiger partial charge in [-0.1, -0.05) is 74.4 Å². The molecule has 0 fully saturated rings. The second-order valence-electron chi connectivity index (χ2n) is 12.0. The Bertz CT molecular complexity index is 955. The first-order valence-electron chi connectivity index (χ1n) is 11.3. The first-order valence-corrected chi connectivity index (χ1v) is 14.0. The molecule has 1 atom stereocenters. The molecule has 0 saturated carbocycles. The summed E-state index contributed by atoms with van der Waals surface area (Å²) in [6.07, 6.45) is -2.51. The van der Waals surface area contributed by atoms with Gasteiger partial charge in [0.1, 0.15) is 0 Å². The molecule has 0 aromatic heterocycles. The van der Waals surface area contributed by atoms with E-state index in [0.29, 0.717) is 0 Å². The Morgan fingerprint density at radius 1 is 0.781 bits per heavy atom. The lowest BCUT2D eigenvalue weighted by molar-refractivity contribution is 0.468. The van der Waals surface area contributed by atoms with Crippen LogP contribution in [-0.4, -0.2) is 21.2 Å². The summed E-state index contributed by atoms with van der Waals surface area (Å²) in [5.41, 5.74) is 6.14. The lowest BCUT2D eigenvalue weighted by atomic mass is 9.74. The van der Waals surface area contributed by atoms with Crippen LogP contribution in [-0.2, 0) is 32.6 Å². The Hall–Kier alpha value is -1.35. The molecule has 3 nitrogen and oxygen atoms in total. The van der Waals surface area contributed by atoms with Gasteiger partial charge in [-0.15, -0.1) is 0 Å². The fourth-order valence-electron chi connectivity index (χ4n) is 3.69. The molecule has 178 valence electrons.